The van der Waals surface area contributed by atoms with Crippen LogP contribution in [0, 0.1) is 0 Å². The highest BCUT2D eigenvalue weighted by Crippen LogP contribution is 2.27. The van der Waals surface area contributed by atoms with Crippen molar-refractivity contribution in [3.05, 3.63) is 29.4 Å². The Morgan fingerprint density at radius 2 is 1.87 bits per heavy atom. The lowest BCUT2D eigenvalue weighted by Gasteiger charge is -2.16. The van der Waals surface area contributed by atoms with E-state index in [4.69, 9.17) is 11.6 Å². The van der Waals surface area contributed by atoms with Crippen LogP contribution >= 0.6 is 11.6 Å². The zero-order valence-electron chi connectivity index (χ0n) is 8.74. The Labute approximate surface area is 93.7 Å². The van der Waals surface area contributed by atoms with Crippen molar-refractivity contribution in [1.82, 2.24) is 10.2 Å². The van der Waals surface area contributed by atoms with E-state index in [9.17, 15) is 0 Å². The van der Waals surface area contributed by atoms with Crippen molar-refractivity contribution in [3.8, 4) is 0 Å². The van der Waals surface area contributed by atoms with E-state index in [2.05, 4.69) is 17.1 Å². The van der Waals surface area contributed by atoms with Gasteiger partial charge >= 0.3 is 0 Å². The average molecular weight is 222 g/mol. The Hall–Kier alpha value is -1.35. The summed E-state index contributed by atoms with van der Waals surface area (Å²) in [5.41, 5.74) is 0. The van der Waals surface area contributed by atoms with Crippen LogP contribution < -0.4 is 4.90 Å². The first-order valence-corrected chi connectivity index (χ1v) is 5.24. The third-order valence-corrected chi connectivity index (χ3v) is 2.74. The molecule has 0 saturated carbocycles. The molecule has 0 saturated heterocycles. The van der Waals surface area contributed by atoms with Crippen LogP contribution in [0.2, 0.25) is 5.15 Å². The first kappa shape index (κ1) is 10.2. The maximum absolute atomic E-state index is 5.98. The third-order valence-electron chi connectivity index (χ3n) is 2.46. The summed E-state index contributed by atoms with van der Waals surface area (Å²) in [6.45, 7) is 2.96. The molecule has 2 rings (SSSR count). The molecule has 15 heavy (non-hydrogen) atoms. The summed E-state index contributed by atoms with van der Waals surface area (Å²) < 4.78 is 0. The van der Waals surface area contributed by atoms with Crippen molar-refractivity contribution >= 4 is 28.2 Å². The third kappa shape index (κ3) is 1.75. The van der Waals surface area contributed by atoms with Gasteiger partial charge in [0.25, 0.3) is 0 Å². The van der Waals surface area contributed by atoms with E-state index in [1.54, 1.807) is 0 Å². The molecular weight excluding hydrogens is 210 g/mol. The van der Waals surface area contributed by atoms with Gasteiger partial charge in [-0.2, -0.15) is 0 Å². The van der Waals surface area contributed by atoms with Crippen molar-refractivity contribution in [2.45, 2.75) is 6.92 Å². The van der Waals surface area contributed by atoms with Gasteiger partial charge in [-0.1, -0.05) is 35.9 Å². The predicted molar refractivity (Wildman–Crippen MR) is 63.5 cm³/mol. The zero-order chi connectivity index (χ0) is 10.8. The Kier molecular flexibility index (Phi) is 2.73. The molecule has 0 bridgehead atoms. The normalized spacial score (nSPS) is 10.6. The molecule has 0 radical (unpaired) electrons. The molecule has 0 amide bonds. The molecule has 1 heterocycles. The highest BCUT2D eigenvalue weighted by molar-refractivity contribution is 6.34. The summed E-state index contributed by atoms with van der Waals surface area (Å²) in [7, 11) is 1.99. The van der Waals surface area contributed by atoms with Crippen LogP contribution in [0.3, 0.4) is 0 Å². The molecule has 0 unspecified atom stereocenters. The number of halogens is 1. The van der Waals surface area contributed by atoms with Gasteiger partial charge in [0, 0.05) is 24.4 Å². The van der Waals surface area contributed by atoms with Crippen LogP contribution in [-0.2, 0) is 0 Å². The summed E-state index contributed by atoms with van der Waals surface area (Å²) in [6, 6.07) is 7.90. The van der Waals surface area contributed by atoms with Gasteiger partial charge in [0.15, 0.2) is 11.0 Å². The number of fused-ring (bicyclic) bond motifs is 1. The van der Waals surface area contributed by atoms with E-state index in [0.717, 1.165) is 23.1 Å². The minimum absolute atomic E-state index is 0.457. The van der Waals surface area contributed by atoms with Gasteiger partial charge in [-0.3, -0.25) is 0 Å². The monoisotopic (exact) mass is 221 g/mol. The Morgan fingerprint density at radius 3 is 2.53 bits per heavy atom. The molecular formula is C11H12ClN3. The van der Waals surface area contributed by atoms with Crippen LogP contribution in [0.25, 0.3) is 10.8 Å². The molecule has 2 aromatic rings. The summed E-state index contributed by atoms with van der Waals surface area (Å²) >= 11 is 5.98. The molecule has 0 N–H and O–H groups in total. The quantitative estimate of drug-likeness (QED) is 0.781. The highest BCUT2D eigenvalue weighted by atomic mass is 35.5. The van der Waals surface area contributed by atoms with E-state index in [0.29, 0.717) is 5.15 Å². The smallest absolute Gasteiger partial charge is 0.159 e. The van der Waals surface area contributed by atoms with Crippen molar-refractivity contribution in [1.29, 1.82) is 0 Å². The van der Waals surface area contributed by atoms with Gasteiger partial charge < -0.3 is 4.90 Å². The maximum Gasteiger partial charge on any atom is 0.159 e. The number of hydrogen-bond donors (Lipinski definition) is 0. The fraction of sp³-hybridized carbons (Fsp3) is 0.273. The van der Waals surface area contributed by atoms with Gasteiger partial charge in [-0.25, -0.2) is 0 Å². The molecule has 0 atom stereocenters. The van der Waals surface area contributed by atoms with Crippen molar-refractivity contribution in [2.75, 3.05) is 18.5 Å². The number of benzene rings is 1. The van der Waals surface area contributed by atoms with Crippen LogP contribution in [0.5, 0.6) is 0 Å². The molecule has 1 aromatic carbocycles. The summed E-state index contributed by atoms with van der Waals surface area (Å²) in [6.07, 6.45) is 0. The molecule has 3 nitrogen and oxygen atoms in total. The zero-order valence-corrected chi connectivity index (χ0v) is 9.49. The van der Waals surface area contributed by atoms with Crippen LogP contribution in [0.1, 0.15) is 6.92 Å². The topological polar surface area (TPSA) is 29.0 Å². The number of nitrogens with zero attached hydrogens (tertiary/aromatic N) is 3. The lowest BCUT2D eigenvalue weighted by molar-refractivity contribution is 0.908. The predicted octanol–water partition coefficient (Wildman–Crippen LogP) is 2.74. The number of hydrogen-bond acceptors (Lipinski definition) is 3. The van der Waals surface area contributed by atoms with Gasteiger partial charge in [-0.05, 0) is 6.92 Å². The number of rotatable bonds is 2. The molecule has 0 aliphatic carbocycles. The van der Waals surface area contributed by atoms with Crippen molar-refractivity contribution in [3.63, 3.8) is 0 Å². The first-order chi connectivity index (χ1) is 7.24. The molecule has 0 aliphatic heterocycles. The lowest BCUT2D eigenvalue weighted by atomic mass is 10.2. The van der Waals surface area contributed by atoms with Crippen LogP contribution in [0.15, 0.2) is 24.3 Å². The van der Waals surface area contributed by atoms with Gasteiger partial charge in [0.05, 0.1) is 0 Å². The van der Waals surface area contributed by atoms with Gasteiger partial charge in [0.1, 0.15) is 0 Å². The fourth-order valence-electron chi connectivity index (χ4n) is 1.49. The second kappa shape index (κ2) is 4.03. The van der Waals surface area contributed by atoms with Crippen molar-refractivity contribution < 1.29 is 0 Å². The second-order valence-electron chi connectivity index (χ2n) is 3.37. The van der Waals surface area contributed by atoms with Crippen LogP contribution in [0.4, 0.5) is 5.82 Å². The Balaban J connectivity index is 2.71. The maximum atomic E-state index is 5.98. The largest absolute Gasteiger partial charge is 0.358 e. The molecule has 78 valence electrons. The lowest BCUT2D eigenvalue weighted by Crippen LogP contribution is -2.18. The molecule has 0 aliphatic rings. The summed E-state index contributed by atoms with van der Waals surface area (Å²) in [5, 5.41) is 10.5. The summed E-state index contributed by atoms with van der Waals surface area (Å²) in [5.74, 6) is 0.873. The fourth-order valence-corrected chi connectivity index (χ4v) is 1.69. The highest BCUT2D eigenvalue weighted by Gasteiger charge is 2.09. The standard InChI is InChI=1S/C11H12ClN3/c1-3-15(2)11-9-7-5-4-6-8(9)10(12)13-14-11/h4-7H,3H2,1-2H3. The molecule has 1 aromatic heterocycles. The van der Waals surface area contributed by atoms with Gasteiger partial charge in [0.2, 0.25) is 0 Å². The van der Waals surface area contributed by atoms with E-state index >= 15 is 0 Å². The van der Waals surface area contributed by atoms with E-state index in [-0.39, 0.29) is 0 Å². The summed E-state index contributed by atoms with van der Waals surface area (Å²) in [4.78, 5) is 2.05. The van der Waals surface area contributed by atoms with E-state index in [1.807, 2.05) is 36.2 Å². The first-order valence-electron chi connectivity index (χ1n) is 4.86. The molecule has 0 fully saturated rings. The molecule has 4 heteroatoms. The molecule has 0 spiro atoms. The number of aromatic nitrogens is 2. The second-order valence-corrected chi connectivity index (χ2v) is 3.73. The Bertz CT molecular complexity index is 484. The SMILES string of the molecule is CCN(C)c1nnc(Cl)c2ccccc12. The van der Waals surface area contributed by atoms with Crippen LogP contribution in [-0.4, -0.2) is 23.8 Å². The van der Waals surface area contributed by atoms with Crippen molar-refractivity contribution in [2.24, 2.45) is 0 Å². The minimum atomic E-state index is 0.457. The van der Waals surface area contributed by atoms with E-state index < -0.39 is 0 Å². The number of anilines is 1. The Morgan fingerprint density at radius 1 is 1.20 bits per heavy atom. The van der Waals surface area contributed by atoms with E-state index in [1.165, 1.54) is 0 Å². The van der Waals surface area contributed by atoms with Gasteiger partial charge in [-0.15, -0.1) is 10.2 Å². The minimum Gasteiger partial charge on any atom is -0.358 e. The average Bonchev–Trinajstić information content (AvgIpc) is 2.29.